The van der Waals surface area contributed by atoms with E-state index in [1.165, 1.54) is 11.6 Å². The van der Waals surface area contributed by atoms with Gasteiger partial charge >= 0.3 is 0 Å². The Bertz CT molecular complexity index is 1410. The number of hydrogen-bond acceptors (Lipinski definition) is 4. The van der Waals surface area contributed by atoms with Gasteiger partial charge in [0.1, 0.15) is 11.0 Å². The average molecular weight is 510 g/mol. The highest BCUT2D eigenvalue weighted by atomic mass is 35.5. The Morgan fingerprint density at radius 2 is 1.76 bits per heavy atom. The molecule has 0 bridgehead atoms. The number of rotatable bonds is 5. The number of carbonyl (C=O) groups excluding carboxylic acids is 1. The molecule has 0 aliphatic heterocycles. The lowest BCUT2D eigenvalue weighted by molar-refractivity contribution is -0.115. The molecule has 4 rings (SSSR count). The van der Waals surface area contributed by atoms with Gasteiger partial charge in [-0.2, -0.15) is 4.80 Å². The molecular weight excluding hydrogens is 489 g/mol. The summed E-state index contributed by atoms with van der Waals surface area (Å²) in [6.45, 7) is 4.05. The third-order valence-electron chi connectivity index (χ3n) is 5.16. The molecule has 1 aromatic heterocycles. The number of benzene rings is 3. The second-order valence-corrected chi connectivity index (χ2v) is 8.86. The highest BCUT2D eigenvalue weighted by molar-refractivity contribution is 7.80. The van der Waals surface area contributed by atoms with Gasteiger partial charge in [-0.25, -0.2) is 0 Å². The van der Waals surface area contributed by atoms with E-state index in [-0.39, 0.29) is 11.0 Å². The summed E-state index contributed by atoms with van der Waals surface area (Å²) < 4.78 is 0. The predicted octanol–water partition coefficient (Wildman–Crippen LogP) is 6.12. The van der Waals surface area contributed by atoms with Crippen LogP contribution in [0, 0.1) is 6.92 Å². The van der Waals surface area contributed by atoms with Crippen molar-refractivity contribution in [2.45, 2.75) is 20.3 Å². The number of aryl methyl sites for hydroxylation is 2. The first-order valence-electron chi connectivity index (χ1n) is 10.5. The number of halogens is 2. The van der Waals surface area contributed by atoms with E-state index in [4.69, 9.17) is 35.4 Å². The number of anilines is 1. The molecule has 0 saturated carbocycles. The zero-order chi connectivity index (χ0) is 24.2. The van der Waals surface area contributed by atoms with Crippen molar-refractivity contribution in [1.29, 1.82) is 0 Å². The Hall–Kier alpha value is -3.26. The monoisotopic (exact) mass is 509 g/mol. The Kier molecular flexibility index (Phi) is 7.26. The van der Waals surface area contributed by atoms with Crippen molar-refractivity contribution in [2.75, 3.05) is 5.32 Å². The number of aromatic nitrogens is 3. The SMILES string of the molecule is CCc1ccc(-n2nc3cc(C)c(NC(=S)NC(=O)/C=C/c4ccc(Cl)cc4Cl)cc3n2)cc1. The fourth-order valence-electron chi connectivity index (χ4n) is 3.29. The van der Waals surface area contributed by atoms with Crippen LogP contribution in [0.25, 0.3) is 22.8 Å². The molecule has 2 N–H and O–H groups in total. The minimum atomic E-state index is -0.385. The summed E-state index contributed by atoms with van der Waals surface area (Å²) in [4.78, 5) is 13.9. The van der Waals surface area contributed by atoms with Gasteiger partial charge in [0.2, 0.25) is 5.91 Å². The van der Waals surface area contributed by atoms with Crippen molar-refractivity contribution in [3.8, 4) is 5.69 Å². The van der Waals surface area contributed by atoms with Crippen molar-refractivity contribution < 1.29 is 4.79 Å². The summed E-state index contributed by atoms with van der Waals surface area (Å²) in [5.74, 6) is -0.385. The van der Waals surface area contributed by atoms with Gasteiger partial charge in [0.25, 0.3) is 0 Å². The number of nitrogens with one attached hydrogen (secondary N) is 2. The summed E-state index contributed by atoms with van der Waals surface area (Å²) in [5, 5.41) is 16.0. The van der Waals surface area contributed by atoms with E-state index in [1.807, 2.05) is 31.2 Å². The highest BCUT2D eigenvalue weighted by Gasteiger charge is 2.10. The molecule has 0 atom stereocenters. The Morgan fingerprint density at radius 3 is 2.44 bits per heavy atom. The van der Waals surface area contributed by atoms with Crippen LogP contribution < -0.4 is 10.6 Å². The molecule has 0 radical (unpaired) electrons. The van der Waals surface area contributed by atoms with Gasteiger partial charge in [0.15, 0.2) is 5.11 Å². The van der Waals surface area contributed by atoms with Crippen LogP contribution in [0.3, 0.4) is 0 Å². The molecule has 0 aliphatic carbocycles. The number of nitrogens with zero attached hydrogens (tertiary/aromatic N) is 3. The Labute approximate surface area is 212 Å². The molecular formula is C25H21Cl2N5OS. The summed E-state index contributed by atoms with van der Waals surface area (Å²) >= 11 is 17.3. The first kappa shape index (κ1) is 23.9. The summed E-state index contributed by atoms with van der Waals surface area (Å²) in [6, 6.07) is 17.0. The molecule has 0 spiro atoms. The minimum Gasteiger partial charge on any atom is -0.332 e. The quantitative estimate of drug-likeness (QED) is 0.250. The van der Waals surface area contributed by atoms with E-state index in [0.717, 1.165) is 28.9 Å². The topological polar surface area (TPSA) is 71.8 Å². The van der Waals surface area contributed by atoms with Crippen molar-refractivity contribution in [3.63, 3.8) is 0 Å². The molecule has 1 amide bonds. The number of thiocarbonyl (C=S) groups is 1. The maximum Gasteiger partial charge on any atom is 0.250 e. The third-order valence-corrected chi connectivity index (χ3v) is 5.93. The normalized spacial score (nSPS) is 11.2. The second kappa shape index (κ2) is 10.3. The van der Waals surface area contributed by atoms with E-state index >= 15 is 0 Å². The summed E-state index contributed by atoms with van der Waals surface area (Å²) in [6.07, 6.45) is 3.93. The van der Waals surface area contributed by atoms with Crippen molar-refractivity contribution in [1.82, 2.24) is 20.3 Å². The lowest BCUT2D eigenvalue weighted by atomic mass is 10.2. The summed E-state index contributed by atoms with van der Waals surface area (Å²) in [7, 11) is 0. The summed E-state index contributed by atoms with van der Waals surface area (Å²) in [5.41, 5.74) is 5.94. The highest BCUT2D eigenvalue weighted by Crippen LogP contribution is 2.23. The van der Waals surface area contributed by atoms with E-state index in [9.17, 15) is 4.79 Å². The maximum absolute atomic E-state index is 12.3. The number of hydrogen-bond donors (Lipinski definition) is 2. The van der Waals surface area contributed by atoms with Crippen LogP contribution in [0.4, 0.5) is 5.69 Å². The van der Waals surface area contributed by atoms with Crippen LogP contribution in [0.15, 0.2) is 60.7 Å². The first-order valence-corrected chi connectivity index (χ1v) is 11.7. The van der Waals surface area contributed by atoms with E-state index in [1.54, 1.807) is 29.1 Å². The van der Waals surface area contributed by atoms with Crippen LogP contribution >= 0.6 is 35.4 Å². The maximum atomic E-state index is 12.3. The smallest absolute Gasteiger partial charge is 0.250 e. The first-order chi connectivity index (χ1) is 16.3. The molecule has 4 aromatic rings. The molecule has 1 heterocycles. The zero-order valence-corrected chi connectivity index (χ0v) is 20.8. The molecule has 172 valence electrons. The van der Waals surface area contributed by atoms with Crippen LogP contribution in [-0.4, -0.2) is 26.0 Å². The largest absolute Gasteiger partial charge is 0.332 e. The molecule has 0 fully saturated rings. The zero-order valence-electron chi connectivity index (χ0n) is 18.5. The molecule has 0 aliphatic rings. The molecule has 0 saturated heterocycles. The fourth-order valence-corrected chi connectivity index (χ4v) is 3.97. The lowest BCUT2D eigenvalue weighted by Crippen LogP contribution is -2.33. The third kappa shape index (κ3) is 5.62. The van der Waals surface area contributed by atoms with Crippen molar-refractivity contribution in [2.24, 2.45) is 0 Å². The number of carbonyl (C=O) groups is 1. The van der Waals surface area contributed by atoms with E-state index < -0.39 is 0 Å². The molecule has 9 heteroatoms. The predicted molar refractivity (Wildman–Crippen MR) is 143 cm³/mol. The Morgan fingerprint density at radius 1 is 1.06 bits per heavy atom. The van der Waals surface area contributed by atoms with Gasteiger partial charge in [0.05, 0.1) is 5.69 Å². The van der Waals surface area contributed by atoms with E-state index in [0.29, 0.717) is 21.1 Å². The molecule has 34 heavy (non-hydrogen) atoms. The number of amides is 1. The number of fused-ring (bicyclic) bond motifs is 1. The van der Waals surface area contributed by atoms with Gasteiger partial charge in [-0.15, -0.1) is 10.2 Å². The van der Waals surface area contributed by atoms with Gasteiger partial charge in [-0.1, -0.05) is 48.3 Å². The molecule has 3 aromatic carbocycles. The van der Waals surface area contributed by atoms with Crippen LogP contribution in [-0.2, 0) is 11.2 Å². The van der Waals surface area contributed by atoms with Crippen LogP contribution in [0.1, 0.15) is 23.6 Å². The average Bonchev–Trinajstić information content (AvgIpc) is 3.21. The second-order valence-electron chi connectivity index (χ2n) is 7.61. The van der Waals surface area contributed by atoms with Crippen molar-refractivity contribution >= 4 is 69.2 Å². The van der Waals surface area contributed by atoms with Crippen LogP contribution in [0.2, 0.25) is 10.0 Å². The lowest BCUT2D eigenvalue weighted by Gasteiger charge is -2.10. The van der Waals surface area contributed by atoms with E-state index in [2.05, 4.69) is 39.9 Å². The molecule has 6 nitrogen and oxygen atoms in total. The van der Waals surface area contributed by atoms with Gasteiger partial charge in [0, 0.05) is 21.8 Å². The van der Waals surface area contributed by atoms with Gasteiger partial charge in [-0.05, 0) is 84.7 Å². The fraction of sp³-hybridized carbons (Fsp3) is 0.120. The van der Waals surface area contributed by atoms with Gasteiger partial charge in [-0.3, -0.25) is 10.1 Å². The van der Waals surface area contributed by atoms with Crippen molar-refractivity contribution in [3.05, 3.63) is 87.4 Å². The van der Waals surface area contributed by atoms with Crippen LogP contribution in [0.5, 0.6) is 0 Å². The standard InChI is InChI=1S/C25H21Cl2N5OS/c1-3-16-4-9-19(10-5-16)32-30-22-12-15(2)21(14-23(22)31-32)28-25(34)29-24(33)11-7-17-6-8-18(26)13-20(17)27/h4-14H,3H2,1-2H3,(H2,28,29,33,34)/b11-7+. The molecule has 0 unspecified atom stereocenters. The van der Waals surface area contributed by atoms with Gasteiger partial charge < -0.3 is 5.32 Å². The minimum absolute atomic E-state index is 0.168. The Balaban J connectivity index is 1.45.